The number of nitrogens with zero attached hydrogens (tertiary/aromatic N) is 2. The van der Waals surface area contributed by atoms with Crippen molar-refractivity contribution in [2.45, 2.75) is 26.6 Å². The van der Waals surface area contributed by atoms with E-state index in [1.165, 1.54) is 0 Å². The Labute approximate surface area is 189 Å². The van der Waals surface area contributed by atoms with Crippen molar-refractivity contribution in [3.05, 3.63) is 107 Å². The number of rotatable bonds is 11. The van der Waals surface area contributed by atoms with Crippen LogP contribution in [0.2, 0.25) is 0 Å². The molecule has 0 heterocycles. The lowest BCUT2D eigenvalue weighted by molar-refractivity contribution is 0.132. The molecule has 32 heavy (non-hydrogen) atoms. The fraction of sp³-hybridized carbons (Fsp3) is 0.185. The second-order valence-corrected chi connectivity index (χ2v) is 6.98. The van der Waals surface area contributed by atoms with Crippen LogP contribution < -0.4 is 9.47 Å². The highest BCUT2D eigenvalue weighted by atomic mass is 16.6. The van der Waals surface area contributed by atoms with Crippen molar-refractivity contribution in [3.63, 3.8) is 0 Å². The lowest BCUT2D eigenvalue weighted by atomic mass is 10.1. The van der Waals surface area contributed by atoms with E-state index in [1.54, 1.807) is 12.3 Å². The number of nitriles is 1. The van der Waals surface area contributed by atoms with Crippen LogP contribution in [0.5, 0.6) is 11.5 Å². The van der Waals surface area contributed by atoms with Crippen LogP contribution in [-0.4, -0.2) is 12.8 Å². The van der Waals surface area contributed by atoms with Gasteiger partial charge in [-0.25, -0.2) is 0 Å². The summed E-state index contributed by atoms with van der Waals surface area (Å²) in [7, 11) is 0. The van der Waals surface area contributed by atoms with Crippen molar-refractivity contribution >= 4 is 6.21 Å². The number of allylic oxidation sites excluding steroid dienone is 1. The van der Waals surface area contributed by atoms with Crippen LogP contribution in [0.15, 0.2) is 84.5 Å². The molecule has 0 aliphatic rings. The van der Waals surface area contributed by atoms with Gasteiger partial charge in [-0.2, -0.15) is 5.26 Å². The third-order valence-electron chi connectivity index (χ3n) is 4.68. The van der Waals surface area contributed by atoms with Gasteiger partial charge in [-0.3, -0.25) is 0 Å². The van der Waals surface area contributed by atoms with E-state index in [0.717, 1.165) is 22.3 Å². The number of ether oxygens (including phenoxy) is 2. The Bertz CT molecular complexity index is 1100. The Morgan fingerprint density at radius 3 is 2.50 bits per heavy atom. The van der Waals surface area contributed by atoms with Crippen LogP contribution >= 0.6 is 0 Å². The van der Waals surface area contributed by atoms with Crippen LogP contribution in [0, 0.1) is 11.3 Å². The molecule has 0 bridgehead atoms. The molecule has 0 aromatic heterocycles. The minimum atomic E-state index is 0.219. The molecule has 0 saturated heterocycles. The van der Waals surface area contributed by atoms with E-state index >= 15 is 0 Å². The van der Waals surface area contributed by atoms with Gasteiger partial charge >= 0.3 is 0 Å². The normalized spacial score (nSPS) is 10.5. The Morgan fingerprint density at radius 1 is 0.969 bits per heavy atom. The minimum absolute atomic E-state index is 0.219. The zero-order valence-electron chi connectivity index (χ0n) is 18.2. The first-order valence-corrected chi connectivity index (χ1v) is 10.5. The van der Waals surface area contributed by atoms with Crippen molar-refractivity contribution < 1.29 is 14.3 Å². The van der Waals surface area contributed by atoms with E-state index in [4.69, 9.17) is 14.3 Å². The molecule has 3 rings (SSSR count). The van der Waals surface area contributed by atoms with Gasteiger partial charge in [0, 0.05) is 16.7 Å². The number of hydrogen-bond acceptors (Lipinski definition) is 5. The quantitative estimate of drug-likeness (QED) is 0.220. The summed E-state index contributed by atoms with van der Waals surface area (Å²) in [6.07, 6.45) is 4.09. The minimum Gasteiger partial charge on any atom is -0.490 e. The molecule has 0 atom stereocenters. The lowest BCUT2D eigenvalue weighted by Crippen LogP contribution is -2.04. The predicted octanol–water partition coefficient (Wildman–Crippen LogP) is 5.82. The average Bonchev–Trinajstić information content (AvgIpc) is 2.82. The maximum atomic E-state index is 9.18. The van der Waals surface area contributed by atoms with Crippen LogP contribution in [0.25, 0.3) is 0 Å². The van der Waals surface area contributed by atoms with E-state index in [1.807, 2.05) is 73.7 Å². The maximum absolute atomic E-state index is 9.18. The van der Waals surface area contributed by atoms with Crippen LogP contribution in [-0.2, 0) is 24.5 Å². The van der Waals surface area contributed by atoms with Crippen molar-refractivity contribution in [1.82, 2.24) is 0 Å². The fourth-order valence-electron chi connectivity index (χ4n) is 3.18. The molecule has 0 radical (unpaired) electrons. The molecule has 0 fully saturated rings. The van der Waals surface area contributed by atoms with Crippen LogP contribution in [0.4, 0.5) is 0 Å². The lowest BCUT2D eigenvalue weighted by Gasteiger charge is -2.16. The molecule has 5 heteroatoms. The summed E-state index contributed by atoms with van der Waals surface area (Å²) in [4.78, 5) is 5.43. The molecular weight excluding hydrogens is 400 g/mol. The highest BCUT2D eigenvalue weighted by Gasteiger charge is 2.13. The van der Waals surface area contributed by atoms with Gasteiger partial charge in [0.1, 0.15) is 13.2 Å². The fourth-order valence-corrected chi connectivity index (χ4v) is 3.18. The average molecular weight is 427 g/mol. The largest absolute Gasteiger partial charge is 0.490 e. The van der Waals surface area contributed by atoms with Crippen molar-refractivity contribution in [3.8, 4) is 17.6 Å². The summed E-state index contributed by atoms with van der Waals surface area (Å²) in [6.45, 7) is 6.97. The zero-order valence-corrected chi connectivity index (χ0v) is 18.2. The molecule has 0 amide bonds. The SMILES string of the molecule is C=CCc1cc(/C=N\OCc2ccccc2C#N)cc(OCC)c1OCc1ccccc1. The molecule has 162 valence electrons. The number of oxime groups is 1. The molecule has 0 unspecified atom stereocenters. The van der Waals surface area contributed by atoms with E-state index < -0.39 is 0 Å². The second-order valence-electron chi connectivity index (χ2n) is 6.98. The molecule has 0 aliphatic heterocycles. The third-order valence-corrected chi connectivity index (χ3v) is 4.68. The summed E-state index contributed by atoms with van der Waals surface area (Å²) < 4.78 is 12.0. The molecule has 0 saturated carbocycles. The highest BCUT2D eigenvalue weighted by molar-refractivity contribution is 5.81. The predicted molar refractivity (Wildman–Crippen MR) is 126 cm³/mol. The van der Waals surface area contributed by atoms with Gasteiger partial charge in [0.05, 0.1) is 24.5 Å². The van der Waals surface area contributed by atoms with Crippen LogP contribution in [0.3, 0.4) is 0 Å². The van der Waals surface area contributed by atoms with Gasteiger partial charge in [-0.1, -0.05) is 59.8 Å². The highest BCUT2D eigenvalue weighted by Crippen LogP contribution is 2.34. The van der Waals surface area contributed by atoms with Gasteiger partial charge in [-0.15, -0.1) is 6.58 Å². The number of hydrogen-bond donors (Lipinski definition) is 0. The van der Waals surface area contributed by atoms with E-state index in [-0.39, 0.29) is 6.61 Å². The smallest absolute Gasteiger partial charge is 0.165 e. The molecule has 0 N–H and O–H groups in total. The Hall–Kier alpha value is -4.04. The molecule has 0 aliphatic carbocycles. The molecule has 5 nitrogen and oxygen atoms in total. The Kier molecular flexibility index (Phi) is 8.47. The van der Waals surface area contributed by atoms with Gasteiger partial charge in [0.2, 0.25) is 0 Å². The first-order valence-electron chi connectivity index (χ1n) is 10.5. The summed E-state index contributed by atoms with van der Waals surface area (Å²) in [6, 6.07) is 23.3. The van der Waals surface area contributed by atoms with Gasteiger partial charge < -0.3 is 14.3 Å². The van der Waals surface area contributed by atoms with Crippen LogP contribution in [0.1, 0.15) is 34.7 Å². The molecule has 3 aromatic rings. The maximum Gasteiger partial charge on any atom is 0.165 e. The van der Waals surface area contributed by atoms with E-state index in [9.17, 15) is 5.26 Å². The van der Waals surface area contributed by atoms with Gasteiger partial charge in [-0.05, 0) is 37.1 Å². The Balaban J connectivity index is 1.77. The standard InChI is InChI=1S/C27H26N2O3/c1-3-10-23-15-22(18-29-32-20-25-14-9-8-13-24(25)17-28)16-26(30-4-2)27(23)31-19-21-11-6-5-7-12-21/h3,5-9,11-16,18H,1,4,10,19-20H2,2H3/b29-18-. The first kappa shape index (κ1) is 22.6. The van der Waals surface area contributed by atoms with Gasteiger partial charge in [0.15, 0.2) is 11.5 Å². The first-order chi connectivity index (χ1) is 15.7. The zero-order chi connectivity index (χ0) is 22.6. The second kappa shape index (κ2) is 12.0. The molecular formula is C27H26N2O3. The summed E-state index contributed by atoms with van der Waals surface area (Å²) in [5, 5.41) is 13.3. The monoisotopic (exact) mass is 426 g/mol. The van der Waals surface area contributed by atoms with E-state index in [2.05, 4.69) is 17.8 Å². The topological polar surface area (TPSA) is 63.8 Å². The summed E-state index contributed by atoms with van der Waals surface area (Å²) in [5.74, 6) is 1.36. The van der Waals surface area contributed by atoms with Crippen molar-refractivity contribution in [2.24, 2.45) is 5.16 Å². The molecule has 3 aromatic carbocycles. The summed E-state index contributed by atoms with van der Waals surface area (Å²) >= 11 is 0. The Morgan fingerprint density at radius 2 is 1.75 bits per heavy atom. The van der Waals surface area contributed by atoms with Gasteiger partial charge in [0.25, 0.3) is 0 Å². The summed E-state index contributed by atoms with van der Waals surface area (Å²) in [5.41, 5.74) is 4.23. The van der Waals surface area contributed by atoms with Crippen molar-refractivity contribution in [1.29, 1.82) is 5.26 Å². The third kappa shape index (κ3) is 6.23. The number of benzene rings is 3. The molecule has 0 spiro atoms. The van der Waals surface area contributed by atoms with Crippen molar-refractivity contribution in [2.75, 3.05) is 6.61 Å². The van der Waals surface area contributed by atoms with E-state index in [0.29, 0.717) is 36.7 Å².